The molecule has 1 aromatic heterocycles. The van der Waals surface area contributed by atoms with Crippen LogP contribution in [0.1, 0.15) is 64.2 Å². The zero-order chi connectivity index (χ0) is 13.2. The van der Waals surface area contributed by atoms with Crippen molar-refractivity contribution in [3.8, 4) is 0 Å². The molecular weight excluding hydrogens is 222 g/mol. The van der Waals surface area contributed by atoms with E-state index in [0.29, 0.717) is 0 Å². The minimum absolute atomic E-state index is 0.239. The maximum absolute atomic E-state index is 4.90. The first-order chi connectivity index (χ1) is 8.66. The van der Waals surface area contributed by atoms with Gasteiger partial charge in [-0.05, 0) is 26.2 Å². The molecule has 0 aliphatic carbocycles. The van der Waals surface area contributed by atoms with Gasteiger partial charge >= 0.3 is 0 Å². The Balaban J connectivity index is 2.51. The lowest BCUT2D eigenvalue weighted by Crippen LogP contribution is -2.34. The zero-order valence-electron chi connectivity index (χ0n) is 12.3. The van der Waals surface area contributed by atoms with Gasteiger partial charge in [-0.25, -0.2) is 4.98 Å². The molecule has 0 amide bonds. The Kier molecular flexibility index (Phi) is 4.10. The number of aryl methyl sites for hydroxylation is 1. The number of aromatic nitrogens is 2. The summed E-state index contributed by atoms with van der Waals surface area (Å²) in [5.74, 6) is 1.30. The van der Waals surface area contributed by atoms with Crippen LogP contribution in [0.2, 0.25) is 0 Å². The average molecular weight is 249 g/mol. The van der Waals surface area contributed by atoms with Crippen LogP contribution in [-0.4, -0.2) is 16.1 Å². The number of nitrogens with one attached hydrogen (secondary N) is 1. The summed E-state index contributed by atoms with van der Waals surface area (Å²) in [6.45, 7) is 11.3. The Hall–Kier alpha value is -0.830. The lowest BCUT2D eigenvalue weighted by Gasteiger charge is -2.33. The van der Waals surface area contributed by atoms with Gasteiger partial charge in [0.15, 0.2) is 0 Å². The fourth-order valence-electron chi connectivity index (χ4n) is 2.96. The molecule has 0 radical (unpaired) electrons. The Bertz CT molecular complexity index is 402. The molecular formula is C15H27N3. The summed E-state index contributed by atoms with van der Waals surface area (Å²) in [7, 11) is 0. The predicted molar refractivity (Wildman–Crippen MR) is 75.9 cm³/mol. The van der Waals surface area contributed by atoms with Crippen molar-refractivity contribution in [2.75, 3.05) is 6.54 Å². The third-order valence-electron chi connectivity index (χ3n) is 4.49. The maximum atomic E-state index is 4.90. The lowest BCUT2D eigenvalue weighted by molar-refractivity contribution is 0.275. The van der Waals surface area contributed by atoms with Gasteiger partial charge in [0.05, 0.1) is 5.69 Å². The van der Waals surface area contributed by atoms with Crippen LogP contribution < -0.4 is 5.32 Å². The summed E-state index contributed by atoms with van der Waals surface area (Å²) in [6.07, 6.45) is 5.75. The highest BCUT2D eigenvalue weighted by Gasteiger charge is 2.30. The van der Waals surface area contributed by atoms with Crippen LogP contribution in [0.25, 0.3) is 0 Å². The van der Waals surface area contributed by atoms with Crippen LogP contribution in [0.3, 0.4) is 0 Å². The molecule has 18 heavy (non-hydrogen) atoms. The zero-order valence-corrected chi connectivity index (χ0v) is 12.3. The smallest absolute Gasteiger partial charge is 0.109 e. The molecule has 0 atom stereocenters. The maximum Gasteiger partial charge on any atom is 0.109 e. The molecule has 3 heteroatoms. The van der Waals surface area contributed by atoms with E-state index >= 15 is 0 Å². The van der Waals surface area contributed by atoms with Gasteiger partial charge in [0.1, 0.15) is 5.82 Å². The number of nitrogens with zero attached hydrogens (tertiary/aromatic N) is 2. The minimum atomic E-state index is 0.239. The molecule has 0 saturated heterocycles. The highest BCUT2D eigenvalue weighted by molar-refractivity contribution is 5.23. The van der Waals surface area contributed by atoms with E-state index in [-0.39, 0.29) is 5.54 Å². The van der Waals surface area contributed by atoms with Crippen molar-refractivity contribution >= 4 is 0 Å². The van der Waals surface area contributed by atoms with Crippen LogP contribution in [-0.2, 0) is 24.9 Å². The van der Waals surface area contributed by atoms with Crippen LogP contribution in [0.15, 0.2) is 0 Å². The van der Waals surface area contributed by atoms with Gasteiger partial charge in [-0.2, -0.15) is 0 Å². The highest BCUT2D eigenvalue weighted by atomic mass is 15.2. The van der Waals surface area contributed by atoms with E-state index < -0.39 is 0 Å². The third kappa shape index (κ3) is 2.20. The van der Waals surface area contributed by atoms with E-state index in [0.717, 1.165) is 25.9 Å². The Labute approximate surface area is 111 Å². The summed E-state index contributed by atoms with van der Waals surface area (Å²) in [5.41, 5.74) is 3.02. The Morgan fingerprint density at radius 3 is 2.61 bits per heavy atom. The van der Waals surface area contributed by atoms with E-state index in [2.05, 4.69) is 37.6 Å². The normalized spacial score (nSPS) is 15.8. The second kappa shape index (κ2) is 5.43. The Morgan fingerprint density at radius 1 is 1.28 bits per heavy atom. The van der Waals surface area contributed by atoms with E-state index in [9.17, 15) is 0 Å². The predicted octanol–water partition coefficient (Wildman–Crippen LogP) is 3.02. The second-order valence-electron chi connectivity index (χ2n) is 5.64. The topological polar surface area (TPSA) is 29.9 Å². The number of imidazole rings is 1. The van der Waals surface area contributed by atoms with Crippen molar-refractivity contribution < 1.29 is 0 Å². The molecule has 1 N–H and O–H groups in total. The number of fused-ring (bicyclic) bond motifs is 1. The standard InChI is InChI=1S/C15H27N3/c1-5-8-14-17-12-11-16-10-9-13(12)18(14)15(4,6-2)7-3/h16H,5-11H2,1-4H3. The van der Waals surface area contributed by atoms with Crippen molar-refractivity contribution in [2.45, 2.75) is 71.9 Å². The molecule has 3 nitrogen and oxygen atoms in total. The molecule has 0 spiro atoms. The van der Waals surface area contributed by atoms with E-state index in [1.165, 1.54) is 36.5 Å². The second-order valence-corrected chi connectivity index (χ2v) is 5.64. The molecule has 0 bridgehead atoms. The first-order valence-electron chi connectivity index (χ1n) is 7.46. The number of hydrogen-bond acceptors (Lipinski definition) is 2. The quantitative estimate of drug-likeness (QED) is 0.869. The van der Waals surface area contributed by atoms with Gasteiger partial charge in [0.25, 0.3) is 0 Å². The molecule has 2 rings (SSSR count). The summed E-state index contributed by atoms with van der Waals surface area (Å²) >= 11 is 0. The van der Waals surface area contributed by atoms with Crippen molar-refractivity contribution in [2.24, 2.45) is 0 Å². The van der Waals surface area contributed by atoms with Gasteiger partial charge in [0.2, 0.25) is 0 Å². The molecule has 1 aliphatic rings. The largest absolute Gasteiger partial charge is 0.326 e. The van der Waals surface area contributed by atoms with Crippen molar-refractivity contribution in [1.29, 1.82) is 0 Å². The minimum Gasteiger partial charge on any atom is -0.326 e. The van der Waals surface area contributed by atoms with Crippen molar-refractivity contribution in [1.82, 2.24) is 14.9 Å². The van der Waals surface area contributed by atoms with Gasteiger partial charge in [-0.1, -0.05) is 20.8 Å². The highest BCUT2D eigenvalue weighted by Crippen LogP contribution is 2.31. The lowest BCUT2D eigenvalue weighted by atomic mass is 9.93. The van der Waals surface area contributed by atoms with Crippen molar-refractivity contribution in [3.63, 3.8) is 0 Å². The van der Waals surface area contributed by atoms with Gasteiger partial charge in [-0.3, -0.25) is 0 Å². The first kappa shape index (κ1) is 13.6. The van der Waals surface area contributed by atoms with Gasteiger partial charge in [0, 0.05) is 37.2 Å². The molecule has 1 aromatic rings. The van der Waals surface area contributed by atoms with Crippen LogP contribution in [0.4, 0.5) is 0 Å². The number of rotatable bonds is 5. The molecule has 102 valence electrons. The Morgan fingerprint density at radius 2 is 2.00 bits per heavy atom. The van der Waals surface area contributed by atoms with E-state index in [1.54, 1.807) is 0 Å². The third-order valence-corrected chi connectivity index (χ3v) is 4.49. The van der Waals surface area contributed by atoms with Crippen molar-refractivity contribution in [3.05, 3.63) is 17.2 Å². The fourth-order valence-corrected chi connectivity index (χ4v) is 2.96. The first-order valence-corrected chi connectivity index (χ1v) is 7.46. The summed E-state index contributed by atoms with van der Waals surface area (Å²) in [6, 6.07) is 0. The summed E-state index contributed by atoms with van der Waals surface area (Å²) < 4.78 is 2.58. The molecule has 0 unspecified atom stereocenters. The SMILES string of the molecule is CCCc1nc2c(n1C(C)(CC)CC)CCNC2. The number of hydrogen-bond donors (Lipinski definition) is 1. The molecule has 2 heterocycles. The van der Waals surface area contributed by atoms with Crippen LogP contribution in [0, 0.1) is 0 Å². The molecule has 1 aliphatic heterocycles. The van der Waals surface area contributed by atoms with E-state index in [4.69, 9.17) is 4.98 Å². The molecule has 0 aromatic carbocycles. The van der Waals surface area contributed by atoms with Crippen LogP contribution >= 0.6 is 0 Å². The fraction of sp³-hybridized carbons (Fsp3) is 0.800. The summed E-state index contributed by atoms with van der Waals surface area (Å²) in [5, 5.41) is 3.44. The monoisotopic (exact) mass is 249 g/mol. The van der Waals surface area contributed by atoms with Gasteiger partial charge in [-0.15, -0.1) is 0 Å². The van der Waals surface area contributed by atoms with Crippen LogP contribution in [0.5, 0.6) is 0 Å². The average Bonchev–Trinajstić information content (AvgIpc) is 2.77. The molecule has 0 saturated carbocycles. The summed E-state index contributed by atoms with van der Waals surface area (Å²) in [4.78, 5) is 4.90. The van der Waals surface area contributed by atoms with E-state index in [1.807, 2.05) is 0 Å². The molecule has 0 fully saturated rings. The van der Waals surface area contributed by atoms with Gasteiger partial charge < -0.3 is 9.88 Å².